The highest BCUT2D eigenvalue weighted by Gasteiger charge is 2.36. The molecule has 31 heavy (non-hydrogen) atoms. The molecule has 0 spiro atoms. The van der Waals surface area contributed by atoms with Crippen molar-refractivity contribution < 1.29 is 23.8 Å². The molecule has 2 amide bonds. The molecule has 1 atom stereocenters. The third-order valence-corrected chi connectivity index (χ3v) is 6.54. The predicted octanol–water partition coefficient (Wildman–Crippen LogP) is 2.01. The van der Waals surface area contributed by atoms with E-state index in [1.165, 1.54) is 0 Å². The Morgan fingerprint density at radius 3 is 2.55 bits per heavy atom. The molecule has 0 radical (unpaired) electrons. The average molecular weight is 436 g/mol. The lowest BCUT2D eigenvalue weighted by Crippen LogP contribution is -2.56. The Kier molecular flexibility index (Phi) is 8.51. The van der Waals surface area contributed by atoms with Crippen molar-refractivity contribution in [1.82, 2.24) is 14.4 Å². The second-order valence-electron chi connectivity index (χ2n) is 8.55. The van der Waals surface area contributed by atoms with Gasteiger partial charge in [-0.1, -0.05) is 0 Å². The van der Waals surface area contributed by atoms with E-state index in [9.17, 15) is 9.59 Å². The first-order chi connectivity index (χ1) is 15.0. The van der Waals surface area contributed by atoms with E-state index in [0.717, 1.165) is 55.7 Å². The van der Waals surface area contributed by atoms with Crippen LogP contribution in [0.2, 0.25) is 0 Å². The number of likely N-dealkylation sites (tertiary alicyclic amines) is 1. The number of methoxy groups -OCH3 is 2. The van der Waals surface area contributed by atoms with Crippen LogP contribution in [0, 0.1) is 13.8 Å². The topological polar surface area (TPSA) is 73.2 Å². The lowest BCUT2D eigenvalue weighted by atomic mass is 9.98. The Labute approximate surface area is 185 Å². The van der Waals surface area contributed by atoms with Crippen LogP contribution in [0.3, 0.4) is 0 Å². The van der Waals surface area contributed by atoms with Gasteiger partial charge in [-0.2, -0.15) is 0 Å². The van der Waals surface area contributed by atoms with Crippen LogP contribution in [-0.2, 0) is 25.5 Å². The van der Waals surface area contributed by atoms with Crippen molar-refractivity contribution in [3.8, 4) is 0 Å². The van der Waals surface area contributed by atoms with E-state index in [0.29, 0.717) is 26.4 Å². The molecule has 174 valence electrons. The highest BCUT2D eigenvalue weighted by Crippen LogP contribution is 2.26. The van der Waals surface area contributed by atoms with E-state index in [-0.39, 0.29) is 30.5 Å². The molecule has 2 aliphatic heterocycles. The minimum Gasteiger partial charge on any atom is -0.383 e. The van der Waals surface area contributed by atoms with Crippen LogP contribution in [0.1, 0.15) is 47.4 Å². The standard InChI is InChI=1S/C23H37N3O5/c1-17-14-21(18(2)25(17)10-13-29-3)23(28)24-9-5-6-20(15-24)26(22(27)16-30-4)19-7-11-31-12-8-19/h14,19-20H,5-13,15-16H2,1-4H3. The number of aryl methyl sites for hydroxylation is 1. The van der Waals surface area contributed by atoms with Gasteiger partial charge in [0.15, 0.2) is 0 Å². The zero-order valence-corrected chi connectivity index (χ0v) is 19.4. The molecule has 1 aromatic heterocycles. The normalized spacial score (nSPS) is 20.1. The third kappa shape index (κ3) is 5.48. The highest BCUT2D eigenvalue weighted by atomic mass is 16.5. The number of nitrogens with zero attached hydrogens (tertiary/aromatic N) is 3. The summed E-state index contributed by atoms with van der Waals surface area (Å²) in [4.78, 5) is 30.3. The summed E-state index contributed by atoms with van der Waals surface area (Å²) in [7, 11) is 3.24. The lowest BCUT2D eigenvalue weighted by Gasteiger charge is -2.44. The maximum Gasteiger partial charge on any atom is 0.255 e. The summed E-state index contributed by atoms with van der Waals surface area (Å²) in [5.74, 6) is 0.0547. The van der Waals surface area contributed by atoms with Gasteiger partial charge in [0.2, 0.25) is 5.91 Å². The molecule has 1 unspecified atom stereocenters. The summed E-state index contributed by atoms with van der Waals surface area (Å²) >= 11 is 0. The number of hydrogen-bond acceptors (Lipinski definition) is 5. The van der Waals surface area contributed by atoms with E-state index in [2.05, 4.69) is 4.57 Å². The van der Waals surface area contributed by atoms with Crippen molar-refractivity contribution in [3.63, 3.8) is 0 Å². The average Bonchev–Trinajstić information content (AvgIpc) is 3.06. The van der Waals surface area contributed by atoms with Gasteiger partial charge in [-0.3, -0.25) is 9.59 Å². The third-order valence-electron chi connectivity index (χ3n) is 6.54. The number of piperidine rings is 1. The molecule has 0 aromatic carbocycles. The largest absolute Gasteiger partial charge is 0.383 e. The van der Waals surface area contributed by atoms with Crippen molar-refractivity contribution in [1.29, 1.82) is 0 Å². The molecule has 2 fully saturated rings. The predicted molar refractivity (Wildman–Crippen MR) is 117 cm³/mol. The molecule has 0 aliphatic carbocycles. The van der Waals surface area contributed by atoms with E-state index < -0.39 is 0 Å². The Morgan fingerprint density at radius 1 is 1.13 bits per heavy atom. The quantitative estimate of drug-likeness (QED) is 0.625. The first-order valence-electron chi connectivity index (χ1n) is 11.3. The van der Waals surface area contributed by atoms with Crippen LogP contribution in [0.4, 0.5) is 0 Å². The van der Waals surface area contributed by atoms with Crippen LogP contribution in [0.5, 0.6) is 0 Å². The van der Waals surface area contributed by atoms with Gasteiger partial charge >= 0.3 is 0 Å². The zero-order chi connectivity index (χ0) is 22.4. The second-order valence-corrected chi connectivity index (χ2v) is 8.55. The summed E-state index contributed by atoms with van der Waals surface area (Å²) in [5, 5.41) is 0. The number of amides is 2. The molecule has 2 aliphatic rings. The van der Waals surface area contributed by atoms with Crippen molar-refractivity contribution in [2.45, 2.75) is 58.2 Å². The van der Waals surface area contributed by atoms with Crippen LogP contribution in [0.25, 0.3) is 0 Å². The fourth-order valence-electron chi connectivity index (χ4n) is 4.95. The molecule has 3 heterocycles. The SMILES string of the molecule is COCCn1c(C)cc(C(=O)N2CCCC(N(C(=O)COC)C3CCOCC3)C2)c1C. The molecule has 0 saturated carbocycles. The van der Waals surface area contributed by atoms with Gasteiger partial charge in [0.1, 0.15) is 6.61 Å². The van der Waals surface area contributed by atoms with Gasteiger partial charge in [-0.25, -0.2) is 0 Å². The zero-order valence-electron chi connectivity index (χ0n) is 19.4. The molecule has 1 aromatic rings. The fraction of sp³-hybridized carbons (Fsp3) is 0.739. The Morgan fingerprint density at radius 2 is 1.87 bits per heavy atom. The van der Waals surface area contributed by atoms with E-state index >= 15 is 0 Å². The number of carbonyl (C=O) groups is 2. The Bertz CT molecular complexity index is 757. The maximum absolute atomic E-state index is 13.4. The fourth-order valence-corrected chi connectivity index (χ4v) is 4.95. The summed E-state index contributed by atoms with van der Waals surface area (Å²) in [6.07, 6.45) is 3.46. The minimum absolute atomic E-state index is 0.00597. The monoisotopic (exact) mass is 435 g/mol. The maximum atomic E-state index is 13.4. The molecule has 3 rings (SSSR count). The first kappa shape index (κ1) is 23.8. The molecule has 2 saturated heterocycles. The Balaban J connectivity index is 1.76. The molecular weight excluding hydrogens is 398 g/mol. The van der Waals surface area contributed by atoms with E-state index in [1.54, 1.807) is 14.2 Å². The molecule has 0 N–H and O–H groups in total. The number of hydrogen-bond donors (Lipinski definition) is 0. The summed E-state index contributed by atoms with van der Waals surface area (Å²) < 4.78 is 18.0. The molecular formula is C23H37N3O5. The number of ether oxygens (including phenoxy) is 3. The van der Waals surface area contributed by atoms with Crippen LogP contribution < -0.4 is 0 Å². The summed E-state index contributed by atoms with van der Waals surface area (Å²) in [5.41, 5.74) is 2.78. The van der Waals surface area contributed by atoms with Crippen molar-refractivity contribution in [2.24, 2.45) is 0 Å². The minimum atomic E-state index is 0.00597. The summed E-state index contributed by atoms with van der Waals surface area (Å²) in [6, 6.07) is 2.14. The van der Waals surface area contributed by atoms with Crippen LogP contribution >= 0.6 is 0 Å². The van der Waals surface area contributed by atoms with E-state index in [4.69, 9.17) is 14.2 Å². The number of aromatic nitrogens is 1. The lowest BCUT2D eigenvalue weighted by molar-refractivity contribution is -0.143. The van der Waals surface area contributed by atoms with Crippen LogP contribution in [0.15, 0.2) is 6.07 Å². The first-order valence-corrected chi connectivity index (χ1v) is 11.3. The van der Waals surface area contributed by atoms with Gasteiger partial charge in [0.05, 0.1) is 12.2 Å². The smallest absolute Gasteiger partial charge is 0.255 e. The van der Waals surface area contributed by atoms with Gasteiger partial charge in [0.25, 0.3) is 5.91 Å². The van der Waals surface area contributed by atoms with Gasteiger partial charge in [-0.05, 0) is 45.6 Å². The molecule has 8 nitrogen and oxygen atoms in total. The van der Waals surface area contributed by atoms with Crippen molar-refractivity contribution in [3.05, 3.63) is 23.0 Å². The van der Waals surface area contributed by atoms with Crippen LogP contribution in [-0.4, -0.2) is 92.0 Å². The molecule has 0 bridgehead atoms. The number of carbonyl (C=O) groups excluding carboxylic acids is 2. The second kappa shape index (κ2) is 11.1. The van der Waals surface area contributed by atoms with E-state index in [1.807, 2.05) is 29.7 Å². The highest BCUT2D eigenvalue weighted by molar-refractivity contribution is 5.96. The van der Waals surface area contributed by atoms with Gasteiger partial charge < -0.3 is 28.6 Å². The van der Waals surface area contributed by atoms with Crippen molar-refractivity contribution >= 4 is 11.8 Å². The van der Waals surface area contributed by atoms with Crippen molar-refractivity contribution in [2.75, 3.05) is 53.7 Å². The Hall–Kier alpha value is -1.90. The van der Waals surface area contributed by atoms with Gasteiger partial charge in [0, 0.05) is 70.5 Å². The summed E-state index contributed by atoms with van der Waals surface area (Å²) in [6.45, 7) is 8.05. The molecule has 8 heteroatoms. The van der Waals surface area contributed by atoms with Gasteiger partial charge in [-0.15, -0.1) is 0 Å². The number of rotatable bonds is 8.